The standard InChI is InChI=1S/C16H24FN/c1-12-9-10-14(11-16(12)17)13(2)18-15-7-5-3-4-6-8-15/h9-11,13,15,18H,3-8H2,1-2H3. The van der Waals surface area contributed by atoms with Gasteiger partial charge in [-0.05, 0) is 43.9 Å². The molecule has 1 fully saturated rings. The molecule has 1 aliphatic carbocycles. The van der Waals surface area contributed by atoms with Crippen molar-refractivity contribution in [3.05, 3.63) is 35.1 Å². The molecule has 0 aliphatic heterocycles. The van der Waals surface area contributed by atoms with Gasteiger partial charge in [-0.1, -0.05) is 37.8 Å². The van der Waals surface area contributed by atoms with E-state index in [1.165, 1.54) is 38.5 Å². The summed E-state index contributed by atoms with van der Waals surface area (Å²) in [5, 5.41) is 3.66. The van der Waals surface area contributed by atoms with E-state index in [9.17, 15) is 4.39 Å². The molecule has 100 valence electrons. The molecule has 0 spiro atoms. The molecule has 0 radical (unpaired) electrons. The second-order valence-corrected chi connectivity index (χ2v) is 5.59. The van der Waals surface area contributed by atoms with E-state index in [-0.39, 0.29) is 11.9 Å². The van der Waals surface area contributed by atoms with Gasteiger partial charge in [-0.2, -0.15) is 0 Å². The highest BCUT2D eigenvalue weighted by molar-refractivity contribution is 5.25. The number of hydrogen-bond donors (Lipinski definition) is 1. The van der Waals surface area contributed by atoms with Gasteiger partial charge in [-0.25, -0.2) is 4.39 Å². The van der Waals surface area contributed by atoms with E-state index in [0.717, 1.165) is 11.1 Å². The zero-order valence-corrected chi connectivity index (χ0v) is 11.5. The van der Waals surface area contributed by atoms with E-state index in [4.69, 9.17) is 0 Å². The number of hydrogen-bond acceptors (Lipinski definition) is 1. The molecule has 0 bridgehead atoms. The van der Waals surface area contributed by atoms with Gasteiger partial charge >= 0.3 is 0 Å². The van der Waals surface area contributed by atoms with Crippen molar-refractivity contribution in [1.82, 2.24) is 5.32 Å². The summed E-state index contributed by atoms with van der Waals surface area (Å²) >= 11 is 0. The molecule has 1 saturated carbocycles. The maximum absolute atomic E-state index is 13.6. The quantitative estimate of drug-likeness (QED) is 0.777. The first-order valence-electron chi connectivity index (χ1n) is 7.19. The number of nitrogens with one attached hydrogen (secondary N) is 1. The first kappa shape index (κ1) is 13.5. The van der Waals surface area contributed by atoms with Crippen LogP contribution in [0.2, 0.25) is 0 Å². The predicted octanol–water partition coefficient (Wildman–Crippen LogP) is 4.51. The first-order valence-corrected chi connectivity index (χ1v) is 7.19. The number of benzene rings is 1. The summed E-state index contributed by atoms with van der Waals surface area (Å²) in [6.45, 7) is 3.94. The molecule has 1 nitrogen and oxygen atoms in total. The molecular formula is C16H24FN. The summed E-state index contributed by atoms with van der Waals surface area (Å²) in [6.07, 6.45) is 7.91. The largest absolute Gasteiger partial charge is 0.307 e. The van der Waals surface area contributed by atoms with Gasteiger partial charge in [0.1, 0.15) is 5.82 Å². The fourth-order valence-electron chi connectivity index (χ4n) is 2.77. The SMILES string of the molecule is Cc1ccc(C(C)NC2CCCCCC2)cc1F. The molecular weight excluding hydrogens is 225 g/mol. The van der Waals surface area contributed by atoms with Gasteiger partial charge in [0.15, 0.2) is 0 Å². The van der Waals surface area contributed by atoms with Gasteiger partial charge < -0.3 is 5.32 Å². The molecule has 0 amide bonds. The molecule has 2 rings (SSSR count). The molecule has 1 aromatic carbocycles. The van der Waals surface area contributed by atoms with Crippen molar-refractivity contribution in [3.8, 4) is 0 Å². The fraction of sp³-hybridized carbons (Fsp3) is 0.625. The van der Waals surface area contributed by atoms with Crippen LogP contribution in [-0.2, 0) is 0 Å². The second kappa shape index (κ2) is 6.33. The Morgan fingerprint density at radius 2 is 1.83 bits per heavy atom. The highest BCUT2D eigenvalue weighted by Crippen LogP contribution is 2.22. The van der Waals surface area contributed by atoms with Crippen LogP contribution < -0.4 is 5.32 Å². The minimum atomic E-state index is -0.0954. The lowest BCUT2D eigenvalue weighted by Gasteiger charge is -2.22. The summed E-state index contributed by atoms with van der Waals surface area (Å²) in [5.74, 6) is -0.0954. The van der Waals surface area contributed by atoms with Crippen LogP contribution in [0.3, 0.4) is 0 Å². The topological polar surface area (TPSA) is 12.0 Å². The van der Waals surface area contributed by atoms with Gasteiger partial charge in [0, 0.05) is 12.1 Å². The molecule has 0 aromatic heterocycles. The Morgan fingerprint density at radius 3 is 2.44 bits per heavy atom. The minimum Gasteiger partial charge on any atom is -0.307 e. The number of aryl methyl sites for hydroxylation is 1. The molecule has 2 heteroatoms. The smallest absolute Gasteiger partial charge is 0.126 e. The van der Waals surface area contributed by atoms with Crippen LogP contribution in [0.25, 0.3) is 0 Å². The third-order valence-electron chi connectivity index (χ3n) is 4.04. The zero-order valence-electron chi connectivity index (χ0n) is 11.5. The Balaban J connectivity index is 1.97. The normalized spacial score (nSPS) is 19.5. The Morgan fingerprint density at radius 1 is 1.17 bits per heavy atom. The van der Waals surface area contributed by atoms with Crippen LogP contribution in [0.5, 0.6) is 0 Å². The van der Waals surface area contributed by atoms with E-state index in [0.29, 0.717) is 6.04 Å². The molecule has 0 heterocycles. The van der Waals surface area contributed by atoms with Crippen LogP contribution in [0, 0.1) is 12.7 Å². The number of halogens is 1. The zero-order chi connectivity index (χ0) is 13.0. The van der Waals surface area contributed by atoms with Crippen molar-refractivity contribution in [3.63, 3.8) is 0 Å². The van der Waals surface area contributed by atoms with E-state index >= 15 is 0 Å². The van der Waals surface area contributed by atoms with Crippen LogP contribution in [0.1, 0.15) is 62.6 Å². The molecule has 1 aliphatic rings. The van der Waals surface area contributed by atoms with E-state index < -0.39 is 0 Å². The summed E-state index contributed by atoms with van der Waals surface area (Å²) in [6, 6.07) is 6.42. The molecule has 1 aromatic rings. The van der Waals surface area contributed by atoms with Crippen LogP contribution in [-0.4, -0.2) is 6.04 Å². The molecule has 1 atom stereocenters. The Bertz CT molecular complexity index is 381. The Kier molecular flexibility index (Phi) is 4.76. The van der Waals surface area contributed by atoms with E-state index in [1.807, 2.05) is 19.1 Å². The third kappa shape index (κ3) is 3.55. The Hall–Kier alpha value is -0.890. The van der Waals surface area contributed by atoms with E-state index in [2.05, 4.69) is 12.2 Å². The van der Waals surface area contributed by atoms with Gasteiger partial charge in [-0.15, -0.1) is 0 Å². The van der Waals surface area contributed by atoms with Crippen LogP contribution in [0.15, 0.2) is 18.2 Å². The van der Waals surface area contributed by atoms with Crippen molar-refractivity contribution in [1.29, 1.82) is 0 Å². The molecule has 0 saturated heterocycles. The van der Waals surface area contributed by atoms with Crippen LogP contribution in [0.4, 0.5) is 4.39 Å². The van der Waals surface area contributed by atoms with Crippen LogP contribution >= 0.6 is 0 Å². The summed E-state index contributed by atoms with van der Waals surface area (Å²) in [7, 11) is 0. The highest BCUT2D eigenvalue weighted by atomic mass is 19.1. The first-order chi connectivity index (χ1) is 8.66. The summed E-state index contributed by atoms with van der Waals surface area (Å²) in [5.41, 5.74) is 1.78. The maximum Gasteiger partial charge on any atom is 0.126 e. The minimum absolute atomic E-state index is 0.0954. The molecule has 18 heavy (non-hydrogen) atoms. The summed E-state index contributed by atoms with van der Waals surface area (Å²) in [4.78, 5) is 0. The van der Waals surface area contributed by atoms with Gasteiger partial charge in [0.25, 0.3) is 0 Å². The van der Waals surface area contributed by atoms with Crippen molar-refractivity contribution >= 4 is 0 Å². The van der Waals surface area contributed by atoms with Crippen molar-refractivity contribution < 1.29 is 4.39 Å². The lowest BCUT2D eigenvalue weighted by Crippen LogP contribution is -2.31. The molecule has 1 unspecified atom stereocenters. The lowest BCUT2D eigenvalue weighted by atomic mass is 10.0. The average Bonchev–Trinajstić information content (AvgIpc) is 2.61. The van der Waals surface area contributed by atoms with Gasteiger partial charge in [-0.3, -0.25) is 0 Å². The Labute approximate surface area is 110 Å². The third-order valence-corrected chi connectivity index (χ3v) is 4.04. The predicted molar refractivity (Wildman–Crippen MR) is 74.2 cm³/mol. The fourth-order valence-corrected chi connectivity index (χ4v) is 2.77. The van der Waals surface area contributed by atoms with Gasteiger partial charge in [0.2, 0.25) is 0 Å². The number of rotatable bonds is 3. The maximum atomic E-state index is 13.6. The van der Waals surface area contributed by atoms with Crippen molar-refractivity contribution in [2.24, 2.45) is 0 Å². The average molecular weight is 249 g/mol. The molecule has 1 N–H and O–H groups in total. The summed E-state index contributed by atoms with van der Waals surface area (Å²) < 4.78 is 13.6. The van der Waals surface area contributed by atoms with Crippen molar-refractivity contribution in [2.75, 3.05) is 0 Å². The van der Waals surface area contributed by atoms with Crippen molar-refractivity contribution in [2.45, 2.75) is 64.5 Å². The van der Waals surface area contributed by atoms with Gasteiger partial charge in [0.05, 0.1) is 0 Å². The monoisotopic (exact) mass is 249 g/mol. The highest BCUT2D eigenvalue weighted by Gasteiger charge is 2.15. The lowest BCUT2D eigenvalue weighted by molar-refractivity contribution is 0.413. The van der Waals surface area contributed by atoms with E-state index in [1.54, 1.807) is 6.07 Å². The second-order valence-electron chi connectivity index (χ2n) is 5.59.